The van der Waals surface area contributed by atoms with Gasteiger partial charge in [0, 0.05) is 37.4 Å². The van der Waals surface area contributed by atoms with E-state index in [0.29, 0.717) is 13.2 Å². The molecule has 1 N–H and O–H groups in total. The van der Waals surface area contributed by atoms with Gasteiger partial charge in [0.2, 0.25) is 0 Å². The first kappa shape index (κ1) is 25.4. The third-order valence-electron chi connectivity index (χ3n) is 7.41. The quantitative estimate of drug-likeness (QED) is 0.557. The Hall–Kier alpha value is -2.65. The van der Waals surface area contributed by atoms with Crippen LogP contribution in [0.1, 0.15) is 58.5 Å². The fourth-order valence-corrected chi connectivity index (χ4v) is 5.29. The van der Waals surface area contributed by atoms with Crippen LogP contribution in [0, 0.1) is 13.8 Å². The highest BCUT2D eigenvalue weighted by Gasteiger charge is 2.47. The van der Waals surface area contributed by atoms with E-state index >= 15 is 0 Å². The minimum Gasteiger partial charge on any atom is -0.493 e. The van der Waals surface area contributed by atoms with E-state index in [1.165, 1.54) is 17.2 Å². The molecule has 9 heteroatoms. The molecular formula is C26H33F3N4O2. The van der Waals surface area contributed by atoms with Gasteiger partial charge in [-0.25, -0.2) is 0 Å². The van der Waals surface area contributed by atoms with Gasteiger partial charge < -0.3 is 15.0 Å². The van der Waals surface area contributed by atoms with Crippen LogP contribution in [0.25, 0.3) is 0 Å². The number of carbonyl (C=O) groups excluding carboxylic acids is 1. The first-order chi connectivity index (χ1) is 16.6. The largest absolute Gasteiger partial charge is 0.493 e. The van der Waals surface area contributed by atoms with Gasteiger partial charge in [-0.05, 0) is 82.1 Å². The van der Waals surface area contributed by atoms with Gasteiger partial charge in [0.25, 0.3) is 5.91 Å². The number of piperazine rings is 1. The van der Waals surface area contributed by atoms with E-state index in [9.17, 15) is 18.0 Å². The van der Waals surface area contributed by atoms with Crippen LogP contribution in [0.5, 0.6) is 5.75 Å². The molecule has 0 radical (unpaired) electrons. The van der Waals surface area contributed by atoms with Crippen molar-refractivity contribution in [3.05, 3.63) is 58.4 Å². The van der Waals surface area contributed by atoms with Gasteiger partial charge in [0.05, 0.1) is 12.2 Å². The molecule has 1 aromatic carbocycles. The highest BCUT2D eigenvalue weighted by molar-refractivity contribution is 5.93. The van der Waals surface area contributed by atoms with Crippen LogP contribution in [-0.2, 0) is 6.18 Å². The fourth-order valence-electron chi connectivity index (χ4n) is 5.29. The monoisotopic (exact) mass is 490 g/mol. The Morgan fingerprint density at radius 3 is 2.54 bits per heavy atom. The summed E-state index contributed by atoms with van der Waals surface area (Å²) in [5, 5.41) is 3.12. The van der Waals surface area contributed by atoms with Crippen molar-refractivity contribution in [2.24, 2.45) is 0 Å². The molecule has 2 bridgehead atoms. The molecule has 1 aromatic heterocycles. The number of amides is 1. The predicted octanol–water partition coefficient (Wildman–Crippen LogP) is 4.37. The molecule has 3 atom stereocenters. The van der Waals surface area contributed by atoms with Gasteiger partial charge in [-0.15, -0.1) is 0 Å². The fraction of sp³-hybridized carbons (Fsp3) is 0.538. The van der Waals surface area contributed by atoms with Gasteiger partial charge in [-0.2, -0.15) is 13.2 Å². The van der Waals surface area contributed by atoms with Crippen molar-refractivity contribution < 1.29 is 22.7 Å². The van der Waals surface area contributed by atoms with Gasteiger partial charge >= 0.3 is 6.18 Å². The number of halogens is 3. The van der Waals surface area contributed by atoms with Crippen LogP contribution in [-0.4, -0.2) is 66.1 Å². The van der Waals surface area contributed by atoms with Crippen molar-refractivity contribution in [1.29, 1.82) is 0 Å². The third kappa shape index (κ3) is 5.16. The topological polar surface area (TPSA) is 57.7 Å². The Balaban J connectivity index is 1.40. The molecule has 6 nitrogen and oxygen atoms in total. The van der Waals surface area contributed by atoms with Crippen molar-refractivity contribution in [2.75, 3.05) is 33.3 Å². The molecule has 190 valence electrons. The van der Waals surface area contributed by atoms with Crippen molar-refractivity contribution in [3.8, 4) is 5.75 Å². The number of ether oxygens (including phenoxy) is 1. The number of pyridine rings is 1. The van der Waals surface area contributed by atoms with Crippen molar-refractivity contribution in [1.82, 2.24) is 20.1 Å². The molecule has 1 amide bonds. The molecule has 3 heterocycles. The number of nitrogens with zero attached hydrogens (tertiary/aromatic N) is 3. The lowest BCUT2D eigenvalue weighted by Gasteiger charge is -2.38. The number of aromatic nitrogens is 1. The maximum absolute atomic E-state index is 13.0. The number of nitrogens with one attached hydrogen (secondary N) is 1. The molecule has 2 fully saturated rings. The number of fused-ring (bicyclic) bond motifs is 2. The number of hydrogen-bond donors (Lipinski definition) is 1. The van der Waals surface area contributed by atoms with Crippen LogP contribution in [0.4, 0.5) is 13.2 Å². The van der Waals surface area contributed by atoms with Crippen LogP contribution >= 0.6 is 0 Å². The zero-order chi connectivity index (χ0) is 25.3. The van der Waals surface area contributed by atoms with Crippen molar-refractivity contribution in [2.45, 2.75) is 57.9 Å². The van der Waals surface area contributed by atoms with Crippen molar-refractivity contribution >= 4 is 5.91 Å². The highest BCUT2D eigenvalue weighted by Crippen LogP contribution is 2.39. The zero-order valence-corrected chi connectivity index (χ0v) is 20.7. The van der Waals surface area contributed by atoms with E-state index in [-0.39, 0.29) is 29.7 Å². The normalized spacial score (nSPS) is 20.9. The van der Waals surface area contributed by atoms with Gasteiger partial charge in [-0.1, -0.05) is 6.07 Å². The standard InChI is InChI=1S/C26H33F3N4O2/c1-16-17(2)24(35-11-5-10-30-4)9-7-22(16)18(3)32-14-21-12-20(32)15-33(21)25(34)23-8-6-19(13-31-23)26(27,28)29/h6-9,13,18,20-21,30H,5,10-12,14-15H2,1-4H3/t18-,20+,21+/m0/s1. The summed E-state index contributed by atoms with van der Waals surface area (Å²) in [6.45, 7) is 9.29. The first-order valence-corrected chi connectivity index (χ1v) is 12.1. The second-order valence-electron chi connectivity index (χ2n) is 9.51. The molecule has 0 saturated carbocycles. The Kier molecular flexibility index (Phi) is 7.38. The first-order valence-electron chi connectivity index (χ1n) is 12.1. The van der Waals surface area contributed by atoms with Crippen LogP contribution in [0.2, 0.25) is 0 Å². The highest BCUT2D eigenvalue weighted by atomic mass is 19.4. The molecule has 2 aromatic rings. The molecule has 2 aliphatic heterocycles. The SMILES string of the molecule is CNCCCOc1ccc([C@H](C)N2C[C@H]3C[C@@H]2CN3C(=O)c2ccc(C(F)(F)F)cn2)c(C)c1C. The van der Waals surface area contributed by atoms with E-state index in [1.807, 2.05) is 13.1 Å². The van der Waals surface area contributed by atoms with Crippen LogP contribution in [0.3, 0.4) is 0 Å². The summed E-state index contributed by atoms with van der Waals surface area (Å²) in [5.41, 5.74) is 2.82. The number of carbonyl (C=O) groups is 1. The molecular weight excluding hydrogens is 457 g/mol. The summed E-state index contributed by atoms with van der Waals surface area (Å²) in [6, 6.07) is 6.72. The zero-order valence-electron chi connectivity index (χ0n) is 20.7. The van der Waals surface area contributed by atoms with Crippen LogP contribution in [0.15, 0.2) is 30.5 Å². The summed E-state index contributed by atoms with van der Waals surface area (Å²) in [7, 11) is 1.93. The molecule has 4 rings (SSSR count). The number of rotatable bonds is 8. The van der Waals surface area contributed by atoms with Gasteiger partial charge in [0.1, 0.15) is 11.4 Å². The summed E-state index contributed by atoms with van der Waals surface area (Å²) in [5.74, 6) is 0.614. The third-order valence-corrected chi connectivity index (χ3v) is 7.41. The van der Waals surface area contributed by atoms with Crippen molar-refractivity contribution in [3.63, 3.8) is 0 Å². The Bertz CT molecular complexity index is 1060. The lowest BCUT2D eigenvalue weighted by Crippen LogP contribution is -2.49. The average Bonchev–Trinajstić information content (AvgIpc) is 3.44. The maximum atomic E-state index is 13.0. The molecule has 2 saturated heterocycles. The van der Waals surface area contributed by atoms with Crippen LogP contribution < -0.4 is 10.1 Å². The maximum Gasteiger partial charge on any atom is 0.417 e. The van der Waals surface area contributed by atoms with E-state index in [0.717, 1.165) is 49.5 Å². The Labute approximate surface area is 204 Å². The minimum atomic E-state index is -4.47. The van der Waals surface area contributed by atoms with E-state index < -0.39 is 11.7 Å². The number of hydrogen-bond acceptors (Lipinski definition) is 5. The van der Waals surface area contributed by atoms with Gasteiger partial charge in [-0.3, -0.25) is 14.7 Å². The molecule has 0 aliphatic carbocycles. The smallest absolute Gasteiger partial charge is 0.417 e. The Morgan fingerprint density at radius 2 is 1.94 bits per heavy atom. The molecule has 0 unspecified atom stereocenters. The second kappa shape index (κ2) is 10.1. The lowest BCUT2D eigenvalue weighted by atomic mass is 9.96. The number of likely N-dealkylation sites (tertiary alicyclic amines) is 2. The van der Waals surface area contributed by atoms with Gasteiger partial charge in [0.15, 0.2) is 0 Å². The van der Waals surface area contributed by atoms with E-state index in [2.05, 4.69) is 42.0 Å². The summed E-state index contributed by atoms with van der Waals surface area (Å²) < 4.78 is 44.4. The number of benzene rings is 1. The Morgan fingerprint density at radius 1 is 1.17 bits per heavy atom. The molecule has 2 aliphatic rings. The molecule has 0 spiro atoms. The summed E-state index contributed by atoms with van der Waals surface area (Å²) in [4.78, 5) is 21.0. The van der Waals surface area contributed by atoms with E-state index in [1.54, 1.807) is 4.90 Å². The average molecular weight is 491 g/mol. The predicted molar refractivity (Wildman–Crippen MR) is 128 cm³/mol. The summed E-state index contributed by atoms with van der Waals surface area (Å²) >= 11 is 0. The summed E-state index contributed by atoms with van der Waals surface area (Å²) in [6.07, 6.45) is -1.93. The van der Waals surface area contributed by atoms with E-state index in [4.69, 9.17) is 4.74 Å². The lowest BCUT2D eigenvalue weighted by molar-refractivity contribution is -0.137. The number of alkyl halides is 3. The molecule has 35 heavy (non-hydrogen) atoms. The second-order valence-corrected chi connectivity index (χ2v) is 9.51. The minimum absolute atomic E-state index is 0.0372.